The van der Waals surface area contributed by atoms with E-state index in [4.69, 9.17) is 4.42 Å². The van der Waals surface area contributed by atoms with Gasteiger partial charge in [-0.2, -0.15) is 5.10 Å². The molecule has 0 atom stereocenters. The van der Waals surface area contributed by atoms with Gasteiger partial charge in [0.25, 0.3) is 5.91 Å². The van der Waals surface area contributed by atoms with Gasteiger partial charge in [-0.1, -0.05) is 43.2 Å². The number of benzene rings is 1. The van der Waals surface area contributed by atoms with Gasteiger partial charge in [-0.05, 0) is 29.5 Å². The first-order chi connectivity index (χ1) is 11.9. The Kier molecular flexibility index (Phi) is 4.65. The molecule has 130 valence electrons. The smallest absolute Gasteiger partial charge is 0.322 e. The zero-order valence-electron chi connectivity index (χ0n) is 14.8. The predicted octanol–water partition coefficient (Wildman–Crippen LogP) is 3.08. The Bertz CT molecular complexity index is 858. The Morgan fingerprint density at radius 3 is 2.56 bits per heavy atom. The van der Waals surface area contributed by atoms with Gasteiger partial charge < -0.3 is 4.42 Å². The van der Waals surface area contributed by atoms with E-state index in [1.54, 1.807) is 13.2 Å². The molecule has 1 amide bonds. The Labute approximate surface area is 146 Å². The number of anilines is 1. The van der Waals surface area contributed by atoms with Crippen molar-refractivity contribution in [3.05, 3.63) is 58.7 Å². The van der Waals surface area contributed by atoms with Gasteiger partial charge in [0.2, 0.25) is 5.89 Å². The van der Waals surface area contributed by atoms with Gasteiger partial charge in [0.1, 0.15) is 5.69 Å². The summed E-state index contributed by atoms with van der Waals surface area (Å²) >= 11 is 0. The van der Waals surface area contributed by atoms with Gasteiger partial charge in [-0.25, -0.2) is 0 Å². The molecule has 0 aliphatic rings. The molecule has 0 saturated carbocycles. The third-order valence-electron chi connectivity index (χ3n) is 4.03. The molecule has 2 heterocycles. The molecule has 1 N–H and O–H groups in total. The van der Waals surface area contributed by atoms with Crippen LogP contribution in [0.2, 0.25) is 0 Å². The molecule has 0 aliphatic carbocycles. The van der Waals surface area contributed by atoms with Crippen molar-refractivity contribution in [1.29, 1.82) is 0 Å². The largest absolute Gasteiger partial charge is 0.407 e. The molecule has 3 rings (SSSR count). The van der Waals surface area contributed by atoms with Crippen molar-refractivity contribution in [2.75, 3.05) is 5.32 Å². The van der Waals surface area contributed by atoms with E-state index in [2.05, 4.69) is 58.7 Å². The normalized spacial score (nSPS) is 11.1. The number of nitrogens with zero attached hydrogens (tertiary/aromatic N) is 4. The molecule has 0 aliphatic heterocycles. The highest BCUT2D eigenvalue weighted by molar-refractivity contribution is 6.02. The Morgan fingerprint density at radius 2 is 1.96 bits per heavy atom. The molecule has 2 aromatic heterocycles. The van der Waals surface area contributed by atoms with Gasteiger partial charge in [0.15, 0.2) is 0 Å². The lowest BCUT2D eigenvalue weighted by Gasteiger charge is -2.05. The molecule has 1 aromatic carbocycles. The van der Waals surface area contributed by atoms with Gasteiger partial charge in [0, 0.05) is 7.05 Å². The van der Waals surface area contributed by atoms with Crippen LogP contribution in [0.25, 0.3) is 0 Å². The number of carbonyl (C=O) groups is 1. The van der Waals surface area contributed by atoms with E-state index in [-0.39, 0.29) is 11.9 Å². The second-order valence-corrected chi connectivity index (χ2v) is 6.33. The fourth-order valence-electron chi connectivity index (χ4n) is 2.60. The molecular weight excluding hydrogens is 318 g/mol. The first kappa shape index (κ1) is 16.9. The topological polar surface area (TPSA) is 85.8 Å². The first-order valence-electron chi connectivity index (χ1n) is 8.15. The zero-order valence-corrected chi connectivity index (χ0v) is 14.8. The summed E-state index contributed by atoms with van der Waals surface area (Å²) in [5.41, 5.74) is 3.61. The number of hydrogen-bond donors (Lipinski definition) is 1. The van der Waals surface area contributed by atoms with Crippen molar-refractivity contribution in [1.82, 2.24) is 20.0 Å². The second-order valence-electron chi connectivity index (χ2n) is 6.33. The molecule has 0 saturated heterocycles. The van der Waals surface area contributed by atoms with Crippen LogP contribution in [0.15, 0.2) is 34.9 Å². The van der Waals surface area contributed by atoms with Crippen LogP contribution < -0.4 is 5.32 Å². The quantitative estimate of drug-likeness (QED) is 0.772. The minimum absolute atomic E-state index is 0.0828. The highest BCUT2D eigenvalue weighted by Gasteiger charge is 2.17. The zero-order chi connectivity index (χ0) is 18.0. The van der Waals surface area contributed by atoms with E-state index in [1.165, 1.54) is 10.2 Å². The van der Waals surface area contributed by atoms with E-state index in [9.17, 15) is 4.79 Å². The number of amides is 1. The van der Waals surface area contributed by atoms with E-state index in [1.807, 2.05) is 6.92 Å². The summed E-state index contributed by atoms with van der Waals surface area (Å²) < 4.78 is 7.04. The van der Waals surface area contributed by atoms with E-state index < -0.39 is 0 Å². The highest BCUT2D eigenvalue weighted by atomic mass is 16.4. The van der Waals surface area contributed by atoms with Gasteiger partial charge in [-0.3, -0.25) is 14.8 Å². The van der Waals surface area contributed by atoms with Crippen LogP contribution in [0.5, 0.6) is 0 Å². The van der Waals surface area contributed by atoms with E-state index in [0.717, 1.165) is 11.1 Å². The number of rotatable bonds is 5. The second kappa shape index (κ2) is 6.88. The third kappa shape index (κ3) is 3.76. The predicted molar refractivity (Wildman–Crippen MR) is 93.5 cm³/mol. The summed E-state index contributed by atoms with van der Waals surface area (Å²) in [6, 6.07) is 8.39. The molecule has 3 aromatic rings. The number of hydrogen-bond acceptors (Lipinski definition) is 5. The monoisotopic (exact) mass is 339 g/mol. The molecule has 7 heteroatoms. The molecule has 7 nitrogen and oxygen atoms in total. The van der Waals surface area contributed by atoms with Crippen LogP contribution in [0.3, 0.4) is 0 Å². The van der Waals surface area contributed by atoms with Crippen LogP contribution in [-0.2, 0) is 13.5 Å². The summed E-state index contributed by atoms with van der Waals surface area (Å²) in [6.07, 6.45) is 2.15. The molecule has 0 radical (unpaired) electrons. The maximum Gasteiger partial charge on any atom is 0.322 e. The average molecular weight is 339 g/mol. The van der Waals surface area contributed by atoms with Gasteiger partial charge >= 0.3 is 6.01 Å². The van der Waals surface area contributed by atoms with Crippen LogP contribution in [0.1, 0.15) is 52.8 Å². The Morgan fingerprint density at radius 1 is 1.24 bits per heavy atom. The first-order valence-corrected chi connectivity index (χ1v) is 8.15. The van der Waals surface area contributed by atoms with Crippen molar-refractivity contribution in [2.24, 2.45) is 7.05 Å². The van der Waals surface area contributed by atoms with Crippen LogP contribution in [0.4, 0.5) is 6.01 Å². The fourth-order valence-corrected chi connectivity index (χ4v) is 2.60. The summed E-state index contributed by atoms with van der Waals surface area (Å²) in [4.78, 5) is 12.3. The SMILES string of the molecule is Cc1cnn(C)c1C(=O)Nc1nnc(Cc2ccc(C(C)C)cc2)o1. The molecule has 0 bridgehead atoms. The number of aryl methyl sites for hydroxylation is 2. The highest BCUT2D eigenvalue weighted by Crippen LogP contribution is 2.17. The fraction of sp³-hybridized carbons (Fsp3) is 0.333. The maximum absolute atomic E-state index is 12.3. The van der Waals surface area contributed by atoms with Crippen molar-refractivity contribution < 1.29 is 9.21 Å². The minimum Gasteiger partial charge on any atom is -0.407 e. The van der Waals surface area contributed by atoms with E-state index >= 15 is 0 Å². The maximum atomic E-state index is 12.3. The lowest BCUT2D eigenvalue weighted by Crippen LogP contribution is -2.17. The Balaban J connectivity index is 1.67. The molecule has 0 spiro atoms. The number of aromatic nitrogens is 4. The van der Waals surface area contributed by atoms with Crippen LogP contribution >= 0.6 is 0 Å². The van der Waals surface area contributed by atoms with Crippen molar-refractivity contribution in [3.8, 4) is 0 Å². The molecule has 0 fully saturated rings. The lowest BCUT2D eigenvalue weighted by molar-refractivity contribution is 0.101. The summed E-state index contributed by atoms with van der Waals surface area (Å²) in [7, 11) is 1.71. The van der Waals surface area contributed by atoms with E-state index in [0.29, 0.717) is 23.9 Å². The standard InChI is InChI=1S/C18H21N5O2/c1-11(2)14-7-5-13(6-8-14)9-15-21-22-18(25-15)20-17(24)16-12(3)10-19-23(16)4/h5-8,10-11H,9H2,1-4H3,(H,20,22,24). The summed E-state index contributed by atoms with van der Waals surface area (Å²) in [6.45, 7) is 6.14. The van der Waals surface area contributed by atoms with Crippen LogP contribution in [-0.4, -0.2) is 25.9 Å². The lowest BCUT2D eigenvalue weighted by atomic mass is 10.0. The van der Waals surface area contributed by atoms with Crippen molar-refractivity contribution in [2.45, 2.75) is 33.1 Å². The molecule has 0 unspecified atom stereocenters. The average Bonchev–Trinajstić information content (AvgIpc) is 3.14. The van der Waals surface area contributed by atoms with Gasteiger partial charge in [0.05, 0.1) is 12.6 Å². The summed E-state index contributed by atoms with van der Waals surface area (Å²) in [5, 5.41) is 14.5. The number of carbonyl (C=O) groups excluding carboxylic acids is 1. The van der Waals surface area contributed by atoms with Crippen molar-refractivity contribution in [3.63, 3.8) is 0 Å². The number of nitrogens with one attached hydrogen (secondary N) is 1. The Hall–Kier alpha value is -2.96. The third-order valence-corrected chi connectivity index (χ3v) is 4.03. The molecular formula is C18H21N5O2. The van der Waals surface area contributed by atoms with Gasteiger partial charge in [-0.15, -0.1) is 5.10 Å². The molecule has 25 heavy (non-hydrogen) atoms. The minimum atomic E-state index is -0.325. The van der Waals surface area contributed by atoms with Crippen LogP contribution in [0, 0.1) is 6.92 Å². The van der Waals surface area contributed by atoms with Crippen molar-refractivity contribution >= 4 is 11.9 Å². The summed E-state index contributed by atoms with van der Waals surface area (Å²) in [5.74, 6) is 0.623.